The van der Waals surface area contributed by atoms with Gasteiger partial charge in [-0.1, -0.05) is 50.2 Å². The summed E-state index contributed by atoms with van der Waals surface area (Å²) >= 11 is 0. The average Bonchev–Trinajstić information content (AvgIpc) is 2.84. The van der Waals surface area contributed by atoms with Gasteiger partial charge < -0.3 is 14.8 Å². The van der Waals surface area contributed by atoms with Crippen molar-refractivity contribution in [3.05, 3.63) is 78.1 Å². The van der Waals surface area contributed by atoms with E-state index in [1.165, 1.54) is 24.0 Å². The summed E-state index contributed by atoms with van der Waals surface area (Å²) in [5, 5.41) is 3.03. The molecule has 4 heteroatoms. The SMILES string of the molecule is CC(C)C(=O)Nc1cccc(C2CCN(CCc3ccccccn(C)c3)CC2)c1. The zero-order valence-corrected chi connectivity index (χ0v) is 18.6. The lowest BCUT2D eigenvalue weighted by Gasteiger charge is -2.32. The fraction of sp³-hybridized carbons (Fsp3) is 0.423. The second kappa shape index (κ2) is 11.0. The van der Waals surface area contributed by atoms with Crippen LogP contribution in [-0.4, -0.2) is 35.0 Å². The van der Waals surface area contributed by atoms with E-state index in [1.807, 2.05) is 19.9 Å². The molecule has 2 aromatic rings. The van der Waals surface area contributed by atoms with Crippen LogP contribution in [0, 0.1) is 5.92 Å². The first-order chi connectivity index (χ1) is 14.5. The number of aryl methyl sites for hydroxylation is 1. The number of nitrogens with zero attached hydrogens (tertiary/aromatic N) is 2. The number of amides is 1. The minimum atomic E-state index is -0.00379. The van der Waals surface area contributed by atoms with E-state index in [0.29, 0.717) is 5.92 Å². The van der Waals surface area contributed by atoms with Crippen molar-refractivity contribution in [1.29, 1.82) is 0 Å². The van der Waals surface area contributed by atoms with Gasteiger partial charge in [-0.05, 0) is 67.6 Å². The minimum absolute atomic E-state index is 0.00379. The molecule has 2 heterocycles. The summed E-state index contributed by atoms with van der Waals surface area (Å²) in [5.74, 6) is 0.644. The standard InChI is InChI=1S/C26H35N3O/c1-21(2)26(30)27-25-11-8-10-24(19-25)23-13-17-29(18-14-23)16-12-22-9-6-4-5-7-15-28(3)20-22/h4-11,15,19-21,23H,12-14,16-18H2,1-3H3,(H,27,30). The maximum atomic E-state index is 12.0. The number of nitrogens with one attached hydrogen (secondary N) is 1. The first-order valence-electron chi connectivity index (χ1n) is 11.1. The van der Waals surface area contributed by atoms with E-state index in [1.54, 1.807) is 0 Å². The van der Waals surface area contributed by atoms with Gasteiger partial charge in [-0.3, -0.25) is 4.79 Å². The smallest absolute Gasteiger partial charge is 0.226 e. The molecule has 4 nitrogen and oxygen atoms in total. The predicted octanol–water partition coefficient (Wildman–Crippen LogP) is 5.17. The Hall–Kier alpha value is -2.59. The van der Waals surface area contributed by atoms with Gasteiger partial charge in [-0.25, -0.2) is 0 Å². The Morgan fingerprint density at radius 1 is 1.07 bits per heavy atom. The highest BCUT2D eigenvalue weighted by atomic mass is 16.1. The third kappa shape index (κ3) is 6.74. The zero-order valence-electron chi connectivity index (χ0n) is 18.6. The van der Waals surface area contributed by atoms with Crippen LogP contribution in [0.2, 0.25) is 0 Å². The number of aromatic nitrogens is 1. The molecule has 0 bridgehead atoms. The first-order valence-corrected chi connectivity index (χ1v) is 11.1. The van der Waals surface area contributed by atoms with Crippen LogP contribution in [0.1, 0.15) is 43.7 Å². The van der Waals surface area contributed by atoms with Gasteiger partial charge in [0.15, 0.2) is 0 Å². The van der Waals surface area contributed by atoms with E-state index in [9.17, 15) is 4.79 Å². The molecule has 1 aromatic carbocycles. The van der Waals surface area contributed by atoms with Crippen molar-refractivity contribution in [3.8, 4) is 0 Å². The van der Waals surface area contributed by atoms with Crippen molar-refractivity contribution in [1.82, 2.24) is 9.47 Å². The lowest BCUT2D eigenvalue weighted by Crippen LogP contribution is -2.34. The topological polar surface area (TPSA) is 37.3 Å². The predicted molar refractivity (Wildman–Crippen MR) is 125 cm³/mol. The lowest BCUT2D eigenvalue weighted by atomic mass is 9.89. The van der Waals surface area contributed by atoms with Gasteiger partial charge >= 0.3 is 0 Å². The average molecular weight is 406 g/mol. The Morgan fingerprint density at radius 2 is 1.83 bits per heavy atom. The molecule has 0 atom stereocenters. The maximum Gasteiger partial charge on any atom is 0.226 e. The number of piperidine rings is 1. The summed E-state index contributed by atoms with van der Waals surface area (Å²) in [6.07, 6.45) is 7.68. The van der Waals surface area contributed by atoms with E-state index in [4.69, 9.17) is 0 Å². The summed E-state index contributed by atoms with van der Waals surface area (Å²) in [5.41, 5.74) is 3.61. The summed E-state index contributed by atoms with van der Waals surface area (Å²) < 4.78 is 2.12. The number of likely N-dealkylation sites (tertiary alicyclic amines) is 1. The largest absolute Gasteiger partial charge is 0.357 e. The molecule has 1 N–H and O–H groups in total. The molecule has 1 fully saturated rings. The van der Waals surface area contributed by atoms with E-state index < -0.39 is 0 Å². The molecule has 30 heavy (non-hydrogen) atoms. The molecule has 3 rings (SSSR count). The highest BCUT2D eigenvalue weighted by molar-refractivity contribution is 5.92. The van der Waals surface area contributed by atoms with Gasteiger partial charge in [0.25, 0.3) is 0 Å². The van der Waals surface area contributed by atoms with Gasteiger partial charge in [-0.2, -0.15) is 0 Å². The number of carbonyl (C=O) groups excluding carboxylic acids is 1. The number of hydrogen-bond donors (Lipinski definition) is 1. The van der Waals surface area contributed by atoms with Crippen LogP contribution in [0.4, 0.5) is 5.69 Å². The van der Waals surface area contributed by atoms with Crippen molar-refractivity contribution in [2.24, 2.45) is 13.0 Å². The minimum Gasteiger partial charge on any atom is -0.357 e. The van der Waals surface area contributed by atoms with Gasteiger partial charge in [0.1, 0.15) is 0 Å². The van der Waals surface area contributed by atoms with Crippen LogP contribution in [0.5, 0.6) is 0 Å². The quantitative estimate of drug-likeness (QED) is 0.720. The molecular formula is C26H35N3O. The van der Waals surface area contributed by atoms with Gasteiger partial charge in [-0.15, -0.1) is 0 Å². The number of hydrogen-bond acceptors (Lipinski definition) is 2. The second-order valence-corrected chi connectivity index (χ2v) is 8.59. The fourth-order valence-electron chi connectivity index (χ4n) is 3.92. The van der Waals surface area contributed by atoms with Crippen molar-refractivity contribution >= 4 is 11.6 Å². The highest BCUT2D eigenvalue weighted by Crippen LogP contribution is 2.29. The van der Waals surface area contributed by atoms with Crippen molar-refractivity contribution in [2.45, 2.75) is 39.0 Å². The Morgan fingerprint density at radius 3 is 2.60 bits per heavy atom. The molecule has 0 radical (unpaired) electrons. The number of anilines is 1. The normalized spacial score (nSPS) is 15.1. The van der Waals surface area contributed by atoms with Crippen LogP contribution in [0.25, 0.3) is 0 Å². The molecule has 0 spiro atoms. The van der Waals surface area contributed by atoms with Gasteiger partial charge in [0, 0.05) is 37.6 Å². The molecule has 0 aliphatic carbocycles. The summed E-state index contributed by atoms with van der Waals surface area (Å²) in [7, 11) is 2.08. The van der Waals surface area contributed by atoms with Crippen LogP contribution in [0.15, 0.2) is 67.0 Å². The highest BCUT2D eigenvalue weighted by Gasteiger charge is 2.20. The van der Waals surface area contributed by atoms with E-state index in [0.717, 1.165) is 31.7 Å². The Labute approximate surface area is 181 Å². The molecule has 1 aliphatic heterocycles. The molecule has 1 amide bonds. The summed E-state index contributed by atoms with van der Waals surface area (Å²) in [4.78, 5) is 14.6. The van der Waals surface area contributed by atoms with Crippen LogP contribution >= 0.6 is 0 Å². The first kappa shape index (κ1) is 22.1. The Bertz CT molecular complexity index is 877. The van der Waals surface area contributed by atoms with Crippen LogP contribution in [-0.2, 0) is 18.3 Å². The van der Waals surface area contributed by atoms with Gasteiger partial charge in [0.2, 0.25) is 5.91 Å². The molecule has 1 aliphatic rings. The summed E-state index contributed by atoms with van der Waals surface area (Å²) in [6.45, 7) is 7.18. The number of carbonyl (C=O) groups is 1. The summed E-state index contributed by atoms with van der Waals surface area (Å²) in [6, 6.07) is 18.9. The Balaban J connectivity index is 1.54. The molecule has 1 aromatic heterocycles. The van der Waals surface area contributed by atoms with Crippen molar-refractivity contribution in [3.63, 3.8) is 0 Å². The maximum absolute atomic E-state index is 12.0. The van der Waals surface area contributed by atoms with Crippen LogP contribution in [0.3, 0.4) is 0 Å². The monoisotopic (exact) mass is 405 g/mol. The van der Waals surface area contributed by atoms with E-state index >= 15 is 0 Å². The molecular weight excluding hydrogens is 370 g/mol. The Kier molecular flexibility index (Phi) is 8.09. The number of rotatable bonds is 6. The second-order valence-electron chi connectivity index (χ2n) is 8.59. The molecule has 160 valence electrons. The third-order valence-electron chi connectivity index (χ3n) is 5.79. The molecule has 0 unspecified atom stereocenters. The number of benzene rings is 1. The van der Waals surface area contributed by atoms with Crippen molar-refractivity contribution in [2.75, 3.05) is 25.0 Å². The zero-order chi connectivity index (χ0) is 21.3. The van der Waals surface area contributed by atoms with E-state index in [2.05, 4.69) is 82.8 Å². The fourth-order valence-corrected chi connectivity index (χ4v) is 3.92. The van der Waals surface area contributed by atoms with Crippen molar-refractivity contribution < 1.29 is 4.79 Å². The molecule has 0 saturated carbocycles. The van der Waals surface area contributed by atoms with Crippen LogP contribution < -0.4 is 5.32 Å². The van der Waals surface area contributed by atoms with Gasteiger partial charge in [0.05, 0.1) is 0 Å². The van der Waals surface area contributed by atoms with E-state index in [-0.39, 0.29) is 11.8 Å². The molecule has 1 saturated heterocycles. The lowest BCUT2D eigenvalue weighted by molar-refractivity contribution is -0.118. The third-order valence-corrected chi connectivity index (χ3v) is 5.79.